The summed E-state index contributed by atoms with van der Waals surface area (Å²) in [5.41, 5.74) is 6.05. The van der Waals surface area contributed by atoms with E-state index in [1.807, 2.05) is 30.5 Å². The largest absolute Gasteiger partial charge is 0.296 e. The molecule has 2 rings (SSSR count). The molecule has 0 aromatic heterocycles. The van der Waals surface area contributed by atoms with Crippen molar-refractivity contribution in [1.29, 1.82) is 0 Å². The Kier molecular flexibility index (Phi) is 11.0. The molecule has 1 atom stereocenters. The summed E-state index contributed by atoms with van der Waals surface area (Å²) in [6, 6.07) is 7.78. The molecule has 1 aliphatic heterocycles. The Morgan fingerprint density at radius 1 is 1.24 bits per heavy atom. The van der Waals surface area contributed by atoms with E-state index >= 15 is 0 Å². The van der Waals surface area contributed by atoms with Crippen LogP contribution in [0.4, 0.5) is 0 Å². The maximum absolute atomic E-state index is 6.14. The zero-order chi connectivity index (χ0) is 24.4. The van der Waals surface area contributed by atoms with Gasteiger partial charge in [0.25, 0.3) is 0 Å². The van der Waals surface area contributed by atoms with E-state index < -0.39 is 0 Å². The molecule has 0 fully saturated rings. The maximum Gasteiger partial charge on any atom is 0.0774 e. The highest BCUT2D eigenvalue weighted by Crippen LogP contribution is 2.26. The minimum atomic E-state index is 0.159. The number of unbranched alkanes of at least 4 members (excludes halogenated alkanes) is 1. The molecular weight excluding hydrogens is 446 g/mol. The lowest BCUT2D eigenvalue weighted by atomic mass is 9.97. The third kappa shape index (κ3) is 7.95. The number of nitrogens with zero attached hydrogens (tertiary/aromatic N) is 3. The predicted octanol–water partition coefficient (Wildman–Crippen LogP) is 7.75. The molecule has 5 heteroatoms. The van der Waals surface area contributed by atoms with Gasteiger partial charge in [0.15, 0.2) is 0 Å². The van der Waals surface area contributed by atoms with Crippen LogP contribution < -0.4 is 0 Å². The van der Waals surface area contributed by atoms with Crippen LogP contribution in [-0.4, -0.2) is 36.3 Å². The minimum absolute atomic E-state index is 0.159. The van der Waals surface area contributed by atoms with Gasteiger partial charge in [0.2, 0.25) is 0 Å². The Bertz CT molecular complexity index is 1020. The van der Waals surface area contributed by atoms with Gasteiger partial charge in [-0.1, -0.05) is 68.0 Å². The van der Waals surface area contributed by atoms with Crippen molar-refractivity contribution < 1.29 is 0 Å². The summed E-state index contributed by atoms with van der Waals surface area (Å²) in [5.74, 6) is 6.96. The van der Waals surface area contributed by atoms with Crippen molar-refractivity contribution in [2.75, 3.05) is 19.3 Å². The summed E-state index contributed by atoms with van der Waals surface area (Å²) >= 11 is 7.78. The molecule has 0 saturated heterocycles. The molecule has 1 aromatic rings. The molecule has 1 heterocycles. The first-order chi connectivity index (χ1) is 15.8. The molecule has 1 aromatic carbocycles. The molecule has 0 aliphatic carbocycles. The van der Waals surface area contributed by atoms with Crippen LogP contribution in [0.25, 0.3) is 0 Å². The van der Waals surface area contributed by atoms with Crippen LogP contribution in [0.5, 0.6) is 0 Å². The summed E-state index contributed by atoms with van der Waals surface area (Å²) in [7, 11) is 0. The molecule has 0 spiro atoms. The molecule has 1 aliphatic rings. The molecule has 1 unspecified atom stereocenters. The molecule has 0 N–H and O–H groups in total. The van der Waals surface area contributed by atoms with Crippen molar-refractivity contribution in [3.63, 3.8) is 0 Å². The Morgan fingerprint density at radius 2 is 1.94 bits per heavy atom. The number of rotatable bonds is 9. The monoisotopic (exact) mass is 481 g/mol. The fourth-order valence-electron chi connectivity index (χ4n) is 3.27. The lowest BCUT2D eigenvalue weighted by molar-refractivity contribution is 0.302. The van der Waals surface area contributed by atoms with Crippen LogP contribution in [0.2, 0.25) is 5.02 Å². The number of aliphatic imine (C=N–C) groups is 1. The van der Waals surface area contributed by atoms with E-state index in [4.69, 9.17) is 16.6 Å². The van der Waals surface area contributed by atoms with Crippen LogP contribution >= 0.6 is 23.4 Å². The Hall–Kier alpha value is -2.22. The lowest BCUT2D eigenvalue weighted by Gasteiger charge is -2.14. The van der Waals surface area contributed by atoms with E-state index in [-0.39, 0.29) is 5.92 Å². The van der Waals surface area contributed by atoms with Crippen LogP contribution in [-0.2, 0) is 0 Å². The van der Waals surface area contributed by atoms with E-state index in [1.165, 1.54) is 12.0 Å². The second-order valence-corrected chi connectivity index (χ2v) is 9.48. The standard InChI is InChI=1S/C28H36ClN3S/c1-8-10-17-32-19-24(18-30-32)11-16-27(33-7)21(4)22(5)28(31-23(6)20(3)9-2)25-12-14-26(29)15-13-25/h12-15,18,24H,5,8-10,17,19H2,1-4,6-7H3/b23-20-,27-21-,31-28+. The number of hydrazone groups is 1. The molecule has 3 nitrogen and oxygen atoms in total. The number of benzene rings is 1. The van der Waals surface area contributed by atoms with Gasteiger partial charge in [-0.3, -0.25) is 10.0 Å². The third-order valence-electron chi connectivity index (χ3n) is 5.79. The summed E-state index contributed by atoms with van der Waals surface area (Å²) in [6.45, 7) is 16.9. The molecule has 0 amide bonds. The number of allylic oxidation sites excluding steroid dienone is 5. The first-order valence-electron chi connectivity index (χ1n) is 11.6. The third-order valence-corrected chi connectivity index (χ3v) is 6.86. The molecule has 176 valence electrons. The predicted molar refractivity (Wildman–Crippen MR) is 148 cm³/mol. The second kappa shape index (κ2) is 13.5. The van der Waals surface area contributed by atoms with Gasteiger partial charge in [0.1, 0.15) is 0 Å². The molecule has 33 heavy (non-hydrogen) atoms. The van der Waals surface area contributed by atoms with Crippen molar-refractivity contribution in [2.45, 2.75) is 53.9 Å². The van der Waals surface area contributed by atoms with Crippen molar-refractivity contribution in [3.05, 3.63) is 68.8 Å². The first kappa shape index (κ1) is 27.0. The Morgan fingerprint density at radius 3 is 2.55 bits per heavy atom. The fourth-order valence-corrected chi connectivity index (χ4v) is 3.99. The highest BCUT2D eigenvalue weighted by molar-refractivity contribution is 8.02. The van der Waals surface area contributed by atoms with E-state index in [0.29, 0.717) is 5.02 Å². The van der Waals surface area contributed by atoms with Crippen LogP contribution in [0.1, 0.15) is 59.4 Å². The van der Waals surface area contributed by atoms with Gasteiger partial charge >= 0.3 is 0 Å². The Labute approximate surface area is 209 Å². The van der Waals surface area contributed by atoms with E-state index in [0.717, 1.165) is 59.0 Å². The molecule has 0 bridgehead atoms. The van der Waals surface area contributed by atoms with Crippen LogP contribution in [0.3, 0.4) is 0 Å². The summed E-state index contributed by atoms with van der Waals surface area (Å²) in [5, 5.41) is 7.32. The van der Waals surface area contributed by atoms with Gasteiger partial charge < -0.3 is 0 Å². The van der Waals surface area contributed by atoms with Gasteiger partial charge in [-0.05, 0) is 63.1 Å². The second-order valence-electron chi connectivity index (χ2n) is 8.23. The average Bonchev–Trinajstić information content (AvgIpc) is 3.28. The molecule has 0 saturated carbocycles. The zero-order valence-corrected chi connectivity index (χ0v) is 22.4. The molecule has 0 radical (unpaired) electrons. The normalized spacial score (nSPS) is 17.4. The van der Waals surface area contributed by atoms with E-state index in [9.17, 15) is 0 Å². The van der Waals surface area contributed by atoms with Gasteiger partial charge in [0, 0.05) is 29.0 Å². The fraction of sp³-hybridized carbons (Fsp3) is 0.429. The number of hydrogen-bond acceptors (Lipinski definition) is 4. The number of halogens is 1. The smallest absolute Gasteiger partial charge is 0.0774 e. The summed E-state index contributed by atoms with van der Waals surface area (Å²) in [6.07, 6.45) is 7.32. The maximum atomic E-state index is 6.14. The van der Waals surface area contributed by atoms with Crippen LogP contribution in [0, 0.1) is 17.8 Å². The average molecular weight is 482 g/mol. The van der Waals surface area contributed by atoms with Gasteiger partial charge in [-0.25, -0.2) is 0 Å². The number of thioether (sulfide) groups is 1. The summed E-state index contributed by atoms with van der Waals surface area (Å²) in [4.78, 5) is 6.01. The van der Waals surface area contributed by atoms with Crippen molar-refractivity contribution >= 4 is 35.3 Å². The number of hydrogen-bond donors (Lipinski definition) is 0. The first-order valence-corrected chi connectivity index (χ1v) is 13.2. The highest BCUT2D eigenvalue weighted by Gasteiger charge is 2.16. The van der Waals surface area contributed by atoms with Crippen LogP contribution in [0.15, 0.2) is 68.3 Å². The minimum Gasteiger partial charge on any atom is -0.296 e. The summed E-state index contributed by atoms with van der Waals surface area (Å²) < 4.78 is 0. The van der Waals surface area contributed by atoms with Gasteiger partial charge in [-0.2, -0.15) is 5.10 Å². The highest BCUT2D eigenvalue weighted by atomic mass is 35.5. The van der Waals surface area contributed by atoms with Crippen molar-refractivity contribution in [1.82, 2.24) is 5.01 Å². The topological polar surface area (TPSA) is 28.0 Å². The SMILES string of the molecule is C=C(/C(=N\C(C)=C(\C)CC)c1ccc(Cl)cc1)/C(C)=C(/C#CC1C=NN(CCCC)C1)SC. The van der Waals surface area contributed by atoms with Crippen molar-refractivity contribution in [2.24, 2.45) is 16.0 Å². The van der Waals surface area contributed by atoms with Gasteiger partial charge in [-0.15, -0.1) is 11.8 Å². The van der Waals surface area contributed by atoms with Gasteiger partial charge in [0.05, 0.1) is 23.1 Å². The zero-order valence-electron chi connectivity index (χ0n) is 20.8. The lowest BCUT2D eigenvalue weighted by Crippen LogP contribution is -2.18. The quantitative estimate of drug-likeness (QED) is 0.205. The molecular formula is C28H36ClN3S. The van der Waals surface area contributed by atoms with Crippen molar-refractivity contribution in [3.8, 4) is 11.8 Å². The Balaban J connectivity index is 2.37. The van der Waals surface area contributed by atoms with E-state index in [2.05, 4.69) is 69.4 Å². The van der Waals surface area contributed by atoms with E-state index in [1.54, 1.807) is 11.8 Å².